The molecule has 6 nitrogen and oxygen atoms in total. The molecule has 1 aliphatic heterocycles. The SMILES string of the molecule is O=C(CNC(=O)NCc1ccc(F)cc1)NCC1CCN(c2ccccc2)C1. The molecular formula is C21H25FN4O2. The van der Waals surface area contributed by atoms with E-state index in [-0.39, 0.29) is 24.8 Å². The number of nitrogens with one attached hydrogen (secondary N) is 3. The van der Waals surface area contributed by atoms with Crippen LogP contribution in [0.2, 0.25) is 0 Å². The Balaban J connectivity index is 1.30. The van der Waals surface area contributed by atoms with Crippen molar-refractivity contribution in [3.05, 3.63) is 66.0 Å². The van der Waals surface area contributed by atoms with E-state index in [1.165, 1.54) is 17.8 Å². The van der Waals surface area contributed by atoms with Crippen LogP contribution >= 0.6 is 0 Å². The van der Waals surface area contributed by atoms with Crippen LogP contribution in [0.4, 0.5) is 14.9 Å². The van der Waals surface area contributed by atoms with Crippen LogP contribution < -0.4 is 20.9 Å². The van der Waals surface area contributed by atoms with Crippen molar-refractivity contribution in [3.63, 3.8) is 0 Å². The fraction of sp³-hybridized carbons (Fsp3) is 0.333. The van der Waals surface area contributed by atoms with Crippen LogP contribution in [0.15, 0.2) is 54.6 Å². The van der Waals surface area contributed by atoms with E-state index in [9.17, 15) is 14.0 Å². The monoisotopic (exact) mass is 384 g/mol. The van der Waals surface area contributed by atoms with Gasteiger partial charge in [0.05, 0.1) is 6.54 Å². The Bertz CT molecular complexity index is 783. The van der Waals surface area contributed by atoms with Crippen LogP contribution in [-0.2, 0) is 11.3 Å². The zero-order chi connectivity index (χ0) is 19.8. The molecule has 1 unspecified atom stereocenters. The van der Waals surface area contributed by atoms with E-state index in [0.29, 0.717) is 12.5 Å². The van der Waals surface area contributed by atoms with Crippen LogP contribution in [0.5, 0.6) is 0 Å². The highest BCUT2D eigenvalue weighted by atomic mass is 19.1. The van der Waals surface area contributed by atoms with E-state index < -0.39 is 6.03 Å². The van der Waals surface area contributed by atoms with Gasteiger partial charge in [-0.2, -0.15) is 0 Å². The van der Waals surface area contributed by atoms with E-state index in [4.69, 9.17) is 0 Å². The first kappa shape index (κ1) is 19.7. The van der Waals surface area contributed by atoms with Crippen molar-refractivity contribution in [1.29, 1.82) is 0 Å². The lowest BCUT2D eigenvalue weighted by Gasteiger charge is -2.18. The maximum atomic E-state index is 12.8. The Hall–Kier alpha value is -3.09. The maximum Gasteiger partial charge on any atom is 0.315 e. The highest BCUT2D eigenvalue weighted by Gasteiger charge is 2.22. The number of para-hydroxylation sites is 1. The number of hydrogen-bond donors (Lipinski definition) is 3. The quantitative estimate of drug-likeness (QED) is 0.686. The molecular weight excluding hydrogens is 359 g/mol. The average molecular weight is 384 g/mol. The van der Waals surface area contributed by atoms with Gasteiger partial charge in [-0.1, -0.05) is 30.3 Å². The van der Waals surface area contributed by atoms with Crippen molar-refractivity contribution in [2.75, 3.05) is 31.1 Å². The first-order valence-corrected chi connectivity index (χ1v) is 9.43. The highest BCUT2D eigenvalue weighted by molar-refractivity contribution is 5.83. The molecule has 3 amide bonds. The normalized spacial score (nSPS) is 15.9. The molecule has 3 N–H and O–H groups in total. The summed E-state index contributed by atoms with van der Waals surface area (Å²) in [5.74, 6) is -0.134. The van der Waals surface area contributed by atoms with Crippen LogP contribution in [0.1, 0.15) is 12.0 Å². The van der Waals surface area contributed by atoms with Gasteiger partial charge in [-0.15, -0.1) is 0 Å². The molecule has 3 rings (SSSR count). The predicted molar refractivity (Wildman–Crippen MR) is 106 cm³/mol. The summed E-state index contributed by atoms with van der Waals surface area (Å²) < 4.78 is 12.8. The van der Waals surface area contributed by atoms with E-state index >= 15 is 0 Å². The standard InChI is InChI=1S/C21H25FN4O2/c22-18-8-6-16(7-9-18)12-24-21(28)25-14-20(27)23-13-17-10-11-26(15-17)19-4-2-1-3-5-19/h1-9,17H,10-15H2,(H,23,27)(H2,24,25,28). The summed E-state index contributed by atoms with van der Waals surface area (Å²) >= 11 is 0. The van der Waals surface area contributed by atoms with E-state index in [1.807, 2.05) is 18.2 Å². The number of rotatable bonds is 7. The Morgan fingerprint density at radius 3 is 2.50 bits per heavy atom. The van der Waals surface area contributed by atoms with Gasteiger partial charge in [0, 0.05) is 31.9 Å². The molecule has 1 fully saturated rings. The molecule has 1 heterocycles. The molecule has 2 aromatic rings. The second-order valence-electron chi connectivity index (χ2n) is 6.90. The number of urea groups is 1. The molecule has 1 saturated heterocycles. The average Bonchev–Trinajstić information content (AvgIpc) is 3.20. The van der Waals surface area contributed by atoms with Crippen LogP contribution in [0.3, 0.4) is 0 Å². The van der Waals surface area contributed by atoms with E-state index in [1.54, 1.807) is 12.1 Å². The largest absolute Gasteiger partial charge is 0.371 e. The smallest absolute Gasteiger partial charge is 0.315 e. The van der Waals surface area contributed by atoms with Crippen LogP contribution in [0.25, 0.3) is 0 Å². The molecule has 148 valence electrons. The summed E-state index contributed by atoms with van der Waals surface area (Å²) in [6.07, 6.45) is 1.03. The van der Waals surface area contributed by atoms with Gasteiger partial charge in [-0.3, -0.25) is 4.79 Å². The first-order chi connectivity index (χ1) is 13.6. The molecule has 0 aliphatic carbocycles. The van der Waals surface area contributed by atoms with Gasteiger partial charge in [-0.05, 0) is 42.2 Å². The Kier molecular flexibility index (Phi) is 6.84. The molecule has 0 bridgehead atoms. The Labute approximate surface area is 164 Å². The summed E-state index contributed by atoms with van der Waals surface area (Å²) in [4.78, 5) is 26.0. The second-order valence-corrected chi connectivity index (χ2v) is 6.90. The zero-order valence-electron chi connectivity index (χ0n) is 15.7. The Morgan fingerprint density at radius 1 is 1.00 bits per heavy atom. The molecule has 1 aliphatic rings. The fourth-order valence-electron chi connectivity index (χ4n) is 3.20. The number of carbonyl (C=O) groups excluding carboxylic acids is 2. The summed E-state index contributed by atoms with van der Waals surface area (Å²) in [5, 5.41) is 8.05. The van der Waals surface area contributed by atoms with Crippen LogP contribution in [-0.4, -0.2) is 38.1 Å². The van der Waals surface area contributed by atoms with Crippen LogP contribution in [0, 0.1) is 11.7 Å². The lowest BCUT2D eigenvalue weighted by atomic mass is 10.1. The van der Waals surface area contributed by atoms with Crippen molar-refractivity contribution in [3.8, 4) is 0 Å². The summed E-state index contributed by atoms with van der Waals surface area (Å²) in [6.45, 7) is 2.68. The molecule has 0 saturated carbocycles. The number of carbonyl (C=O) groups is 2. The molecule has 0 spiro atoms. The molecule has 2 aromatic carbocycles. The topological polar surface area (TPSA) is 73.5 Å². The lowest BCUT2D eigenvalue weighted by molar-refractivity contribution is -0.120. The van der Waals surface area contributed by atoms with Crippen molar-refractivity contribution in [1.82, 2.24) is 16.0 Å². The number of hydrogen-bond acceptors (Lipinski definition) is 3. The third-order valence-corrected chi connectivity index (χ3v) is 4.77. The summed E-state index contributed by atoms with van der Waals surface area (Å²) in [6, 6.07) is 15.7. The second kappa shape index (κ2) is 9.73. The predicted octanol–water partition coefficient (Wildman–Crippen LogP) is 2.27. The highest BCUT2D eigenvalue weighted by Crippen LogP contribution is 2.22. The molecule has 0 radical (unpaired) electrons. The van der Waals surface area contributed by atoms with Gasteiger partial charge in [0.25, 0.3) is 0 Å². The number of nitrogens with zero attached hydrogens (tertiary/aromatic N) is 1. The molecule has 7 heteroatoms. The number of benzene rings is 2. The zero-order valence-corrected chi connectivity index (χ0v) is 15.7. The minimum atomic E-state index is -0.435. The minimum Gasteiger partial charge on any atom is -0.371 e. The van der Waals surface area contributed by atoms with Crippen molar-refractivity contribution >= 4 is 17.6 Å². The fourth-order valence-corrected chi connectivity index (χ4v) is 3.20. The summed E-state index contributed by atoms with van der Waals surface area (Å²) in [5.41, 5.74) is 1.99. The minimum absolute atomic E-state index is 0.0790. The van der Waals surface area contributed by atoms with Gasteiger partial charge < -0.3 is 20.9 Å². The number of amides is 3. The third kappa shape index (κ3) is 5.97. The lowest BCUT2D eigenvalue weighted by Crippen LogP contribution is -2.43. The van der Waals surface area contributed by atoms with Gasteiger partial charge >= 0.3 is 6.03 Å². The Morgan fingerprint density at radius 2 is 1.75 bits per heavy atom. The van der Waals surface area contributed by atoms with Gasteiger partial charge in [-0.25, -0.2) is 9.18 Å². The maximum absolute atomic E-state index is 12.8. The first-order valence-electron chi connectivity index (χ1n) is 9.43. The van der Waals surface area contributed by atoms with Gasteiger partial charge in [0.1, 0.15) is 5.82 Å². The van der Waals surface area contributed by atoms with Crippen molar-refractivity contribution in [2.45, 2.75) is 13.0 Å². The van der Waals surface area contributed by atoms with Crippen molar-refractivity contribution < 1.29 is 14.0 Å². The summed E-state index contributed by atoms with van der Waals surface area (Å²) in [7, 11) is 0. The number of anilines is 1. The molecule has 1 atom stereocenters. The third-order valence-electron chi connectivity index (χ3n) is 4.77. The van der Waals surface area contributed by atoms with Gasteiger partial charge in [0.15, 0.2) is 0 Å². The number of halogens is 1. The van der Waals surface area contributed by atoms with E-state index in [0.717, 1.165) is 25.1 Å². The molecule has 28 heavy (non-hydrogen) atoms. The van der Waals surface area contributed by atoms with Gasteiger partial charge in [0.2, 0.25) is 5.91 Å². The van der Waals surface area contributed by atoms with Crippen molar-refractivity contribution in [2.24, 2.45) is 5.92 Å². The molecule has 0 aromatic heterocycles. The van der Waals surface area contributed by atoms with E-state index in [2.05, 4.69) is 33.0 Å².